The fourth-order valence-corrected chi connectivity index (χ4v) is 4.30. The zero-order valence-electron chi connectivity index (χ0n) is 11.3. The van der Waals surface area contributed by atoms with Crippen molar-refractivity contribution in [3.63, 3.8) is 0 Å². The molecule has 2 aliphatic rings. The number of hydrogen-bond donors (Lipinski definition) is 2. The largest absolute Gasteiger partial charge is 0.389 e. The van der Waals surface area contributed by atoms with Crippen LogP contribution < -0.4 is 4.72 Å². The summed E-state index contributed by atoms with van der Waals surface area (Å²) in [6.07, 6.45) is 2.23. The third-order valence-electron chi connectivity index (χ3n) is 4.06. The molecule has 1 aromatic rings. The summed E-state index contributed by atoms with van der Waals surface area (Å²) in [4.78, 5) is 0.193. The minimum Gasteiger partial charge on any atom is -0.389 e. The van der Waals surface area contributed by atoms with Crippen LogP contribution in [0.15, 0.2) is 29.2 Å². The summed E-state index contributed by atoms with van der Waals surface area (Å²) in [5.41, 5.74) is 0.595. The molecule has 2 bridgehead atoms. The van der Waals surface area contributed by atoms with Gasteiger partial charge in [0, 0.05) is 0 Å². The number of aliphatic hydroxyl groups is 1. The average Bonchev–Trinajstić information content (AvgIpc) is 3.00. The van der Waals surface area contributed by atoms with Gasteiger partial charge in [-0.25, -0.2) is 13.1 Å². The lowest BCUT2D eigenvalue weighted by Crippen LogP contribution is -2.41. The van der Waals surface area contributed by atoms with E-state index in [2.05, 4.69) is 4.72 Å². The Balaban J connectivity index is 1.79. The number of fused-ring (bicyclic) bond motifs is 2. The van der Waals surface area contributed by atoms with E-state index < -0.39 is 16.1 Å². The first-order chi connectivity index (χ1) is 9.45. The minimum atomic E-state index is -3.56. The van der Waals surface area contributed by atoms with E-state index in [4.69, 9.17) is 4.74 Å². The SMILES string of the molecule is CC(O)c1cccc(S(=O)(=O)NC2CC3CCC2O3)c1. The van der Waals surface area contributed by atoms with Crippen molar-refractivity contribution in [2.75, 3.05) is 0 Å². The molecule has 0 aromatic heterocycles. The van der Waals surface area contributed by atoms with Crippen LogP contribution in [0.25, 0.3) is 0 Å². The van der Waals surface area contributed by atoms with Crippen LogP contribution in [0.2, 0.25) is 0 Å². The summed E-state index contributed by atoms with van der Waals surface area (Å²) in [6.45, 7) is 1.61. The van der Waals surface area contributed by atoms with E-state index in [1.54, 1.807) is 25.1 Å². The summed E-state index contributed by atoms with van der Waals surface area (Å²) in [5.74, 6) is 0. The van der Waals surface area contributed by atoms with E-state index in [1.807, 2.05) is 0 Å². The summed E-state index contributed by atoms with van der Waals surface area (Å²) >= 11 is 0. The molecule has 4 unspecified atom stereocenters. The second-order valence-corrected chi connectivity index (χ2v) is 7.30. The molecular formula is C14H19NO4S. The number of sulfonamides is 1. The molecule has 0 saturated carbocycles. The molecule has 20 heavy (non-hydrogen) atoms. The van der Waals surface area contributed by atoms with Crippen molar-refractivity contribution < 1.29 is 18.3 Å². The highest BCUT2D eigenvalue weighted by Gasteiger charge is 2.42. The molecule has 0 spiro atoms. The fourth-order valence-electron chi connectivity index (χ4n) is 2.97. The van der Waals surface area contributed by atoms with Crippen LogP contribution in [0, 0.1) is 0 Å². The van der Waals surface area contributed by atoms with Gasteiger partial charge in [0.2, 0.25) is 10.0 Å². The van der Waals surface area contributed by atoms with E-state index in [0.29, 0.717) is 5.56 Å². The Morgan fingerprint density at radius 3 is 2.80 bits per heavy atom. The molecule has 6 heteroatoms. The van der Waals surface area contributed by atoms with E-state index in [9.17, 15) is 13.5 Å². The molecule has 0 radical (unpaired) electrons. The van der Waals surface area contributed by atoms with Gasteiger partial charge in [-0.15, -0.1) is 0 Å². The monoisotopic (exact) mass is 297 g/mol. The van der Waals surface area contributed by atoms with Crippen LogP contribution in [0.1, 0.15) is 37.9 Å². The Morgan fingerprint density at radius 2 is 2.20 bits per heavy atom. The molecular weight excluding hydrogens is 278 g/mol. The summed E-state index contributed by atoms with van der Waals surface area (Å²) < 4.78 is 33.2. The highest BCUT2D eigenvalue weighted by atomic mass is 32.2. The first-order valence-electron chi connectivity index (χ1n) is 6.91. The number of hydrogen-bond acceptors (Lipinski definition) is 4. The smallest absolute Gasteiger partial charge is 0.240 e. The van der Waals surface area contributed by atoms with Crippen molar-refractivity contribution in [1.29, 1.82) is 0 Å². The predicted octanol–water partition coefficient (Wildman–Crippen LogP) is 1.34. The zero-order valence-corrected chi connectivity index (χ0v) is 12.1. The van der Waals surface area contributed by atoms with E-state index >= 15 is 0 Å². The molecule has 0 aliphatic carbocycles. The third-order valence-corrected chi connectivity index (χ3v) is 5.55. The lowest BCUT2D eigenvalue weighted by Gasteiger charge is -2.20. The normalized spacial score (nSPS) is 30.6. The minimum absolute atomic E-state index is 0.00900. The Morgan fingerprint density at radius 1 is 1.40 bits per heavy atom. The molecule has 2 fully saturated rings. The van der Waals surface area contributed by atoms with Crippen LogP contribution >= 0.6 is 0 Å². The molecule has 5 nitrogen and oxygen atoms in total. The first-order valence-corrected chi connectivity index (χ1v) is 8.40. The molecule has 3 rings (SSSR count). The molecule has 2 saturated heterocycles. The highest BCUT2D eigenvalue weighted by Crippen LogP contribution is 2.35. The van der Waals surface area contributed by atoms with Crippen LogP contribution in [-0.4, -0.2) is 31.8 Å². The number of benzene rings is 1. The van der Waals surface area contributed by atoms with Gasteiger partial charge in [0.05, 0.1) is 29.2 Å². The van der Waals surface area contributed by atoms with Crippen molar-refractivity contribution in [3.05, 3.63) is 29.8 Å². The molecule has 0 amide bonds. The van der Waals surface area contributed by atoms with Crippen LogP contribution in [0.3, 0.4) is 0 Å². The molecule has 110 valence electrons. The Labute approximate surface area is 119 Å². The lowest BCUT2D eigenvalue weighted by molar-refractivity contribution is 0.0996. The van der Waals surface area contributed by atoms with Crippen molar-refractivity contribution in [3.8, 4) is 0 Å². The number of aliphatic hydroxyl groups excluding tert-OH is 1. The summed E-state index contributed by atoms with van der Waals surface area (Å²) in [7, 11) is -3.56. The first kappa shape index (κ1) is 14.0. The van der Waals surface area contributed by atoms with Gasteiger partial charge in [0.15, 0.2) is 0 Å². The lowest BCUT2D eigenvalue weighted by atomic mass is 9.96. The quantitative estimate of drug-likeness (QED) is 0.879. The van der Waals surface area contributed by atoms with Crippen molar-refractivity contribution in [2.45, 2.75) is 55.4 Å². The molecule has 2 aliphatic heterocycles. The van der Waals surface area contributed by atoms with E-state index in [1.165, 1.54) is 6.07 Å². The van der Waals surface area contributed by atoms with Gasteiger partial charge in [0.1, 0.15) is 0 Å². The van der Waals surface area contributed by atoms with E-state index in [-0.39, 0.29) is 23.1 Å². The van der Waals surface area contributed by atoms with Gasteiger partial charge >= 0.3 is 0 Å². The van der Waals surface area contributed by atoms with Gasteiger partial charge in [-0.3, -0.25) is 0 Å². The van der Waals surface area contributed by atoms with Crippen LogP contribution in [0.4, 0.5) is 0 Å². The predicted molar refractivity (Wildman–Crippen MR) is 73.7 cm³/mol. The van der Waals surface area contributed by atoms with E-state index in [0.717, 1.165) is 19.3 Å². The third kappa shape index (κ3) is 2.61. The van der Waals surface area contributed by atoms with Crippen molar-refractivity contribution in [1.82, 2.24) is 4.72 Å². The molecule has 4 atom stereocenters. The van der Waals surface area contributed by atoms with Gasteiger partial charge < -0.3 is 9.84 Å². The maximum atomic E-state index is 12.4. The van der Waals surface area contributed by atoms with Gasteiger partial charge in [-0.05, 0) is 43.9 Å². The topological polar surface area (TPSA) is 75.6 Å². The average molecular weight is 297 g/mol. The zero-order chi connectivity index (χ0) is 14.3. The Kier molecular flexibility index (Phi) is 3.58. The Bertz CT molecular complexity index is 599. The molecule has 2 N–H and O–H groups in total. The number of rotatable bonds is 4. The standard InChI is InChI=1S/C14H19NO4S/c1-9(16)10-3-2-4-12(7-10)20(17,18)15-13-8-11-5-6-14(13)19-11/h2-4,7,9,11,13-16H,5-6,8H2,1H3. The van der Waals surface area contributed by atoms with Crippen LogP contribution in [-0.2, 0) is 14.8 Å². The highest BCUT2D eigenvalue weighted by molar-refractivity contribution is 7.89. The van der Waals surface area contributed by atoms with Gasteiger partial charge in [-0.1, -0.05) is 12.1 Å². The second-order valence-electron chi connectivity index (χ2n) is 5.59. The molecule has 1 aromatic carbocycles. The maximum Gasteiger partial charge on any atom is 0.240 e. The fraction of sp³-hybridized carbons (Fsp3) is 0.571. The second kappa shape index (κ2) is 5.11. The van der Waals surface area contributed by atoms with Gasteiger partial charge in [0.25, 0.3) is 0 Å². The Hall–Kier alpha value is -0.950. The van der Waals surface area contributed by atoms with Crippen molar-refractivity contribution >= 4 is 10.0 Å². The molecule has 2 heterocycles. The maximum absolute atomic E-state index is 12.4. The number of nitrogens with one attached hydrogen (secondary N) is 1. The summed E-state index contributed by atoms with van der Waals surface area (Å²) in [6, 6.07) is 6.29. The number of ether oxygens (including phenoxy) is 1. The van der Waals surface area contributed by atoms with Crippen LogP contribution in [0.5, 0.6) is 0 Å². The van der Waals surface area contributed by atoms with Gasteiger partial charge in [-0.2, -0.15) is 0 Å². The summed E-state index contributed by atoms with van der Waals surface area (Å²) in [5, 5.41) is 9.55. The van der Waals surface area contributed by atoms with Crippen molar-refractivity contribution in [2.24, 2.45) is 0 Å².